The van der Waals surface area contributed by atoms with E-state index in [0.29, 0.717) is 4.86 Å². The lowest BCUT2D eigenvalue weighted by Gasteiger charge is -2.17. The molecule has 0 N–H and O–H groups in total. The summed E-state index contributed by atoms with van der Waals surface area (Å²) in [4.78, 5) is 0.300. The molecule has 0 aromatic carbocycles. The molecule has 1 unspecified atom stereocenters. The molecule has 0 saturated heterocycles. The highest BCUT2D eigenvalue weighted by atomic mass is 32.1. The van der Waals surface area contributed by atoms with E-state index in [-0.39, 0.29) is 6.42 Å². The van der Waals surface area contributed by atoms with Crippen molar-refractivity contribution < 1.29 is 17.9 Å². The van der Waals surface area contributed by atoms with Gasteiger partial charge in [0.15, 0.2) is 6.10 Å². The molecule has 5 heteroatoms. The van der Waals surface area contributed by atoms with Gasteiger partial charge in [-0.25, -0.2) is 0 Å². The summed E-state index contributed by atoms with van der Waals surface area (Å²) in [6, 6.07) is 0. The fraction of sp³-hybridized carbons (Fsp3) is 0.833. The third-order valence-corrected chi connectivity index (χ3v) is 1.29. The summed E-state index contributed by atoms with van der Waals surface area (Å²) in [6.07, 6.45) is -6.30. The number of methoxy groups -OCH3 is 1. The second-order valence-corrected chi connectivity index (χ2v) is 2.87. The summed E-state index contributed by atoms with van der Waals surface area (Å²) < 4.78 is 39.9. The Morgan fingerprint density at radius 3 is 2.09 bits per heavy atom. The van der Waals surface area contributed by atoms with E-state index in [4.69, 9.17) is 0 Å². The standard InChI is InChI=1S/C6H9F3OS/c1-4(11)3-5(10-2)6(7,8)9/h5H,3H2,1-2H3. The van der Waals surface area contributed by atoms with Crippen molar-refractivity contribution in [2.45, 2.75) is 25.6 Å². The van der Waals surface area contributed by atoms with Crippen LogP contribution in [0, 0.1) is 0 Å². The van der Waals surface area contributed by atoms with E-state index in [0.717, 1.165) is 7.11 Å². The van der Waals surface area contributed by atoms with Gasteiger partial charge in [-0.05, 0) is 11.8 Å². The Hall–Kier alpha value is -0.160. The highest BCUT2D eigenvalue weighted by Gasteiger charge is 2.39. The number of thiocarbonyl (C=S) groups is 1. The van der Waals surface area contributed by atoms with Gasteiger partial charge < -0.3 is 4.74 Å². The first kappa shape index (κ1) is 10.8. The zero-order valence-corrected chi connectivity index (χ0v) is 7.05. The van der Waals surface area contributed by atoms with Crippen molar-refractivity contribution in [2.24, 2.45) is 0 Å². The molecule has 0 rings (SSSR count). The van der Waals surface area contributed by atoms with Gasteiger partial charge in [-0.1, -0.05) is 12.2 Å². The molecule has 0 fully saturated rings. The van der Waals surface area contributed by atoms with Gasteiger partial charge >= 0.3 is 6.18 Å². The van der Waals surface area contributed by atoms with Crippen molar-refractivity contribution in [3.05, 3.63) is 0 Å². The summed E-state index contributed by atoms with van der Waals surface area (Å²) in [7, 11) is 1.02. The Morgan fingerprint density at radius 1 is 1.55 bits per heavy atom. The first-order chi connectivity index (χ1) is 4.88. The van der Waals surface area contributed by atoms with Crippen LogP contribution in [0.5, 0.6) is 0 Å². The maximum atomic E-state index is 11.9. The van der Waals surface area contributed by atoms with Crippen molar-refractivity contribution in [1.82, 2.24) is 0 Å². The molecule has 0 aliphatic heterocycles. The Bertz CT molecular complexity index is 143. The molecule has 0 bridgehead atoms. The van der Waals surface area contributed by atoms with E-state index >= 15 is 0 Å². The maximum Gasteiger partial charge on any atom is 0.414 e. The van der Waals surface area contributed by atoms with E-state index in [1.165, 1.54) is 6.92 Å². The number of ether oxygens (including phenoxy) is 1. The zero-order valence-electron chi connectivity index (χ0n) is 6.23. The minimum atomic E-state index is -4.31. The van der Waals surface area contributed by atoms with Crippen LogP contribution in [0.4, 0.5) is 13.2 Å². The van der Waals surface area contributed by atoms with E-state index in [9.17, 15) is 13.2 Å². The summed E-state index contributed by atoms with van der Waals surface area (Å²) in [5.41, 5.74) is 0. The predicted octanol–water partition coefficient (Wildman–Crippen LogP) is 2.34. The van der Waals surface area contributed by atoms with E-state index in [1.54, 1.807) is 0 Å². The molecule has 0 spiro atoms. The maximum absolute atomic E-state index is 11.9. The number of rotatable bonds is 3. The van der Waals surface area contributed by atoms with Crippen LogP contribution in [0.25, 0.3) is 0 Å². The minimum Gasteiger partial charge on any atom is -0.372 e. The van der Waals surface area contributed by atoms with Crippen LogP contribution < -0.4 is 0 Å². The quantitative estimate of drug-likeness (QED) is 0.626. The SMILES string of the molecule is COC(CC(C)=S)C(F)(F)F. The molecule has 0 aromatic heterocycles. The van der Waals surface area contributed by atoms with Crippen LogP contribution >= 0.6 is 12.2 Å². The molecule has 1 nitrogen and oxygen atoms in total. The van der Waals surface area contributed by atoms with Crippen LogP contribution in [-0.4, -0.2) is 24.3 Å². The molecule has 0 saturated carbocycles. The highest BCUT2D eigenvalue weighted by molar-refractivity contribution is 7.80. The van der Waals surface area contributed by atoms with E-state index < -0.39 is 12.3 Å². The molecule has 1 atom stereocenters. The molecule has 0 radical (unpaired) electrons. The summed E-state index contributed by atoms with van der Waals surface area (Å²) in [6.45, 7) is 1.47. The molecule has 0 amide bonds. The van der Waals surface area contributed by atoms with Gasteiger partial charge in [0.25, 0.3) is 0 Å². The van der Waals surface area contributed by atoms with Crippen LogP contribution in [0.3, 0.4) is 0 Å². The predicted molar refractivity (Wildman–Crippen MR) is 39.7 cm³/mol. The summed E-state index contributed by atoms with van der Waals surface area (Å²) >= 11 is 4.53. The number of alkyl halides is 3. The lowest BCUT2D eigenvalue weighted by Crippen LogP contribution is -2.32. The Labute approximate surface area is 68.5 Å². The van der Waals surface area contributed by atoms with Gasteiger partial charge in [0.2, 0.25) is 0 Å². The molecule has 11 heavy (non-hydrogen) atoms. The number of halogens is 3. The molecular weight excluding hydrogens is 177 g/mol. The first-order valence-corrected chi connectivity index (χ1v) is 3.37. The van der Waals surface area contributed by atoms with Gasteiger partial charge in [0, 0.05) is 13.5 Å². The summed E-state index contributed by atoms with van der Waals surface area (Å²) in [5, 5.41) is 0. The van der Waals surface area contributed by atoms with Crippen LogP contribution in [0.1, 0.15) is 13.3 Å². The molecule has 0 heterocycles. The lowest BCUT2D eigenvalue weighted by molar-refractivity contribution is -0.209. The molecule has 0 aliphatic carbocycles. The van der Waals surface area contributed by atoms with Gasteiger partial charge in [-0.15, -0.1) is 0 Å². The molecule has 0 aromatic rings. The van der Waals surface area contributed by atoms with Crippen molar-refractivity contribution >= 4 is 17.1 Å². The number of hydrogen-bond acceptors (Lipinski definition) is 2. The highest BCUT2D eigenvalue weighted by Crippen LogP contribution is 2.24. The van der Waals surface area contributed by atoms with E-state index in [2.05, 4.69) is 17.0 Å². The van der Waals surface area contributed by atoms with Crippen molar-refractivity contribution in [2.75, 3.05) is 7.11 Å². The second-order valence-electron chi connectivity index (χ2n) is 2.17. The van der Waals surface area contributed by atoms with Crippen molar-refractivity contribution in [3.8, 4) is 0 Å². The molecule has 0 aliphatic rings. The fourth-order valence-corrected chi connectivity index (χ4v) is 0.745. The Morgan fingerprint density at radius 2 is 2.00 bits per heavy atom. The topological polar surface area (TPSA) is 9.23 Å². The van der Waals surface area contributed by atoms with Crippen molar-refractivity contribution in [1.29, 1.82) is 0 Å². The normalized spacial score (nSPS) is 14.6. The zero-order chi connectivity index (χ0) is 9.07. The van der Waals surface area contributed by atoms with Crippen LogP contribution in [0.2, 0.25) is 0 Å². The third kappa shape index (κ3) is 4.31. The third-order valence-electron chi connectivity index (χ3n) is 1.12. The Balaban J connectivity index is 4.07. The second kappa shape index (κ2) is 4.01. The van der Waals surface area contributed by atoms with Gasteiger partial charge in [0.1, 0.15) is 0 Å². The molecule has 66 valence electrons. The lowest BCUT2D eigenvalue weighted by atomic mass is 10.2. The monoisotopic (exact) mass is 186 g/mol. The van der Waals surface area contributed by atoms with Gasteiger partial charge in [0.05, 0.1) is 0 Å². The average molecular weight is 186 g/mol. The smallest absolute Gasteiger partial charge is 0.372 e. The average Bonchev–Trinajstić information content (AvgIpc) is 1.79. The van der Waals surface area contributed by atoms with Crippen LogP contribution in [0.15, 0.2) is 0 Å². The minimum absolute atomic E-state index is 0.241. The first-order valence-electron chi connectivity index (χ1n) is 2.97. The summed E-state index contributed by atoms with van der Waals surface area (Å²) in [5.74, 6) is 0. The number of hydrogen-bond donors (Lipinski definition) is 0. The Kier molecular flexibility index (Phi) is 3.96. The van der Waals surface area contributed by atoms with Gasteiger partial charge in [-0.3, -0.25) is 0 Å². The van der Waals surface area contributed by atoms with Gasteiger partial charge in [-0.2, -0.15) is 13.2 Å². The molecular formula is C6H9F3OS. The van der Waals surface area contributed by atoms with Crippen molar-refractivity contribution in [3.63, 3.8) is 0 Å². The van der Waals surface area contributed by atoms with E-state index in [1.807, 2.05) is 0 Å². The fourth-order valence-electron chi connectivity index (χ4n) is 0.594. The van der Waals surface area contributed by atoms with Crippen LogP contribution in [-0.2, 0) is 4.74 Å². The largest absolute Gasteiger partial charge is 0.414 e.